The van der Waals surface area contributed by atoms with Gasteiger partial charge in [0.05, 0.1) is 29.3 Å². The molecular formula is C28H26N2O8S. The Hall–Kier alpha value is -4.56. The maximum Gasteiger partial charge on any atom is 0.348 e. The number of furan rings is 1. The van der Waals surface area contributed by atoms with Crippen LogP contribution in [0.15, 0.2) is 34.3 Å². The van der Waals surface area contributed by atoms with Gasteiger partial charge in [-0.15, -0.1) is 11.3 Å². The summed E-state index contributed by atoms with van der Waals surface area (Å²) < 4.78 is 16.0. The van der Waals surface area contributed by atoms with Crippen molar-refractivity contribution in [2.24, 2.45) is 0 Å². The van der Waals surface area contributed by atoms with E-state index in [2.05, 4.69) is 0 Å². The summed E-state index contributed by atoms with van der Waals surface area (Å²) in [6.07, 6.45) is 0.938. The van der Waals surface area contributed by atoms with Crippen molar-refractivity contribution >= 4 is 40.8 Å². The van der Waals surface area contributed by atoms with Gasteiger partial charge in [-0.3, -0.25) is 14.9 Å². The zero-order valence-corrected chi connectivity index (χ0v) is 22.9. The Bertz CT molecular complexity index is 1540. The van der Waals surface area contributed by atoms with Crippen LogP contribution in [0.5, 0.6) is 0 Å². The lowest BCUT2D eigenvalue weighted by Gasteiger charge is -2.05. The minimum absolute atomic E-state index is 0.0442. The molecule has 0 fully saturated rings. The number of nitrogens with zero attached hydrogens (tertiary/aromatic N) is 2. The van der Waals surface area contributed by atoms with Crippen molar-refractivity contribution in [1.82, 2.24) is 0 Å². The Morgan fingerprint density at radius 2 is 1.74 bits per heavy atom. The fourth-order valence-corrected chi connectivity index (χ4v) is 5.06. The van der Waals surface area contributed by atoms with Crippen LogP contribution in [0.25, 0.3) is 17.4 Å². The Labute approximate surface area is 228 Å². The molecule has 3 rings (SSSR count). The lowest BCUT2D eigenvalue weighted by molar-refractivity contribution is -0.385. The van der Waals surface area contributed by atoms with Crippen molar-refractivity contribution in [3.63, 3.8) is 0 Å². The van der Waals surface area contributed by atoms with Crippen molar-refractivity contribution in [2.45, 2.75) is 41.0 Å². The highest BCUT2D eigenvalue weighted by Gasteiger charge is 2.28. The molecule has 0 N–H and O–H groups in total. The van der Waals surface area contributed by atoms with E-state index in [4.69, 9.17) is 13.9 Å². The van der Waals surface area contributed by atoms with Gasteiger partial charge in [0.1, 0.15) is 22.5 Å². The summed E-state index contributed by atoms with van der Waals surface area (Å²) in [7, 11) is 0. The van der Waals surface area contributed by atoms with Crippen molar-refractivity contribution in [3.05, 3.63) is 77.7 Å². The Kier molecular flexibility index (Phi) is 9.16. The smallest absolute Gasteiger partial charge is 0.348 e. The van der Waals surface area contributed by atoms with Gasteiger partial charge in [-0.25, -0.2) is 9.59 Å². The van der Waals surface area contributed by atoms with E-state index in [9.17, 15) is 29.8 Å². The van der Waals surface area contributed by atoms with Crippen LogP contribution in [0.3, 0.4) is 0 Å². The molecule has 0 aliphatic rings. The zero-order chi connectivity index (χ0) is 28.9. The highest BCUT2D eigenvalue weighted by molar-refractivity contribution is 7.14. The third kappa shape index (κ3) is 6.30. The molecule has 0 unspecified atom stereocenters. The van der Waals surface area contributed by atoms with Gasteiger partial charge in [-0.2, -0.15) is 5.26 Å². The molecule has 0 aliphatic heterocycles. The third-order valence-corrected chi connectivity index (χ3v) is 7.21. The summed E-state index contributed by atoms with van der Waals surface area (Å²) in [6, 6.07) is 8.15. The molecule has 0 saturated carbocycles. The number of benzene rings is 1. The molecule has 0 spiro atoms. The summed E-state index contributed by atoms with van der Waals surface area (Å²) in [6.45, 7) is 8.53. The van der Waals surface area contributed by atoms with Crippen LogP contribution in [-0.4, -0.2) is 35.9 Å². The van der Waals surface area contributed by atoms with Gasteiger partial charge in [-0.1, -0.05) is 0 Å². The van der Waals surface area contributed by atoms with Crippen LogP contribution in [0.2, 0.25) is 0 Å². The quantitative estimate of drug-likeness (QED) is 0.0986. The van der Waals surface area contributed by atoms with E-state index in [1.165, 1.54) is 12.1 Å². The highest BCUT2D eigenvalue weighted by atomic mass is 32.1. The molecule has 0 radical (unpaired) electrons. The first-order valence-corrected chi connectivity index (χ1v) is 12.8. The molecule has 1 aromatic carbocycles. The van der Waals surface area contributed by atoms with Crippen LogP contribution in [-0.2, 0) is 20.7 Å². The van der Waals surface area contributed by atoms with Gasteiger partial charge in [0.15, 0.2) is 5.78 Å². The van der Waals surface area contributed by atoms with E-state index in [1.807, 2.05) is 6.07 Å². The molecule has 0 amide bonds. The molecule has 11 heteroatoms. The number of nitriles is 1. The molecule has 2 heterocycles. The number of hydrogen-bond donors (Lipinski definition) is 0. The number of rotatable bonds is 10. The topological polar surface area (TPSA) is 150 Å². The van der Waals surface area contributed by atoms with Gasteiger partial charge in [-0.05, 0) is 63.9 Å². The number of nitro benzene ring substituents is 1. The normalized spacial score (nSPS) is 11.1. The molecule has 0 aliphatic carbocycles. The van der Waals surface area contributed by atoms with Gasteiger partial charge in [0.25, 0.3) is 5.69 Å². The number of carbonyl (C=O) groups excluding carboxylic acids is 3. The first kappa shape index (κ1) is 29.0. The maximum atomic E-state index is 13.1. The second kappa shape index (κ2) is 12.3. The Morgan fingerprint density at radius 3 is 2.36 bits per heavy atom. The summed E-state index contributed by atoms with van der Waals surface area (Å²) in [5.74, 6) is -1.37. The van der Waals surface area contributed by atoms with Crippen molar-refractivity contribution < 1.29 is 33.2 Å². The fourth-order valence-electron chi connectivity index (χ4n) is 3.88. The molecule has 2 aromatic heterocycles. The van der Waals surface area contributed by atoms with Gasteiger partial charge in [0, 0.05) is 34.6 Å². The molecule has 0 bridgehead atoms. The standard InChI is InChI=1S/C28H26N2O8S/c1-6-36-27(32)25-17(5)26(28(33)37-7-2)39-24(25)13-22(31)19(14-29)11-20-8-9-23(38-20)18-10-15(3)16(4)21(12-18)30(34)35/h8-12H,6-7,13H2,1-5H3/b19-11+. The first-order chi connectivity index (χ1) is 18.5. The first-order valence-electron chi connectivity index (χ1n) is 12.0. The Balaban J connectivity index is 1.94. The predicted octanol–water partition coefficient (Wildman–Crippen LogP) is 5.91. The van der Waals surface area contributed by atoms with Crippen LogP contribution in [0.1, 0.15) is 61.2 Å². The number of aryl methyl sites for hydroxylation is 1. The molecular weight excluding hydrogens is 524 g/mol. The summed E-state index contributed by atoms with van der Waals surface area (Å²) >= 11 is 0.947. The molecule has 10 nitrogen and oxygen atoms in total. The number of ether oxygens (including phenoxy) is 2. The van der Waals surface area contributed by atoms with Crippen LogP contribution >= 0.6 is 11.3 Å². The fraction of sp³-hybridized carbons (Fsp3) is 0.286. The second-order valence-electron chi connectivity index (χ2n) is 8.46. The SMILES string of the molecule is CCOC(=O)c1sc(CC(=O)/C(C#N)=C/c2ccc(-c3cc(C)c(C)c([N+](=O)[O-])c3)o2)c(C(=O)OCC)c1C. The largest absolute Gasteiger partial charge is 0.462 e. The Morgan fingerprint density at radius 1 is 1.08 bits per heavy atom. The molecule has 39 heavy (non-hydrogen) atoms. The van der Waals surface area contributed by atoms with Gasteiger partial charge < -0.3 is 13.9 Å². The van der Waals surface area contributed by atoms with Crippen molar-refractivity contribution in [2.75, 3.05) is 13.2 Å². The van der Waals surface area contributed by atoms with E-state index in [0.717, 1.165) is 11.3 Å². The van der Waals surface area contributed by atoms with Gasteiger partial charge in [0.2, 0.25) is 0 Å². The average molecular weight is 551 g/mol. The number of Topliss-reactive ketones (excluding diaryl/α,β-unsaturated/α-hetero) is 1. The highest BCUT2D eigenvalue weighted by Crippen LogP contribution is 2.33. The minimum atomic E-state index is -0.676. The summed E-state index contributed by atoms with van der Waals surface area (Å²) in [5.41, 5.74) is 1.91. The number of ketones is 1. The van der Waals surface area contributed by atoms with E-state index in [0.29, 0.717) is 28.0 Å². The molecule has 0 saturated heterocycles. The zero-order valence-electron chi connectivity index (χ0n) is 22.1. The van der Waals surface area contributed by atoms with Gasteiger partial charge >= 0.3 is 11.9 Å². The second-order valence-corrected chi connectivity index (χ2v) is 9.57. The number of hydrogen-bond acceptors (Lipinski definition) is 10. The van der Waals surface area contributed by atoms with E-state index >= 15 is 0 Å². The number of allylic oxidation sites excluding steroid dienone is 1. The van der Waals surface area contributed by atoms with E-state index in [-0.39, 0.29) is 52.0 Å². The van der Waals surface area contributed by atoms with E-state index < -0.39 is 22.6 Å². The molecule has 0 atom stereocenters. The summed E-state index contributed by atoms with van der Waals surface area (Å²) in [5, 5.41) is 21.1. The van der Waals surface area contributed by atoms with Crippen LogP contribution < -0.4 is 0 Å². The van der Waals surface area contributed by atoms with Crippen LogP contribution in [0.4, 0.5) is 5.69 Å². The predicted molar refractivity (Wildman–Crippen MR) is 144 cm³/mol. The minimum Gasteiger partial charge on any atom is -0.462 e. The van der Waals surface area contributed by atoms with Crippen molar-refractivity contribution in [3.8, 4) is 17.4 Å². The van der Waals surface area contributed by atoms with Crippen LogP contribution in [0, 0.1) is 42.2 Å². The summed E-state index contributed by atoms with van der Waals surface area (Å²) in [4.78, 5) is 49.5. The van der Waals surface area contributed by atoms with E-state index in [1.54, 1.807) is 52.8 Å². The lowest BCUT2D eigenvalue weighted by atomic mass is 10.0. The number of nitro groups is 1. The number of thiophene rings is 1. The average Bonchev–Trinajstić information content (AvgIpc) is 3.48. The monoisotopic (exact) mass is 550 g/mol. The molecule has 3 aromatic rings. The lowest BCUT2D eigenvalue weighted by Crippen LogP contribution is -2.12. The number of esters is 2. The van der Waals surface area contributed by atoms with Crippen molar-refractivity contribution in [1.29, 1.82) is 5.26 Å². The number of carbonyl (C=O) groups is 3. The molecule has 202 valence electrons. The third-order valence-electron chi connectivity index (χ3n) is 5.94. The maximum absolute atomic E-state index is 13.1.